The van der Waals surface area contributed by atoms with Crippen LogP contribution in [0.2, 0.25) is 10.0 Å². The number of anilines is 5. The largest absolute Gasteiger partial charge is 0.393 e. The molecule has 0 spiro atoms. The Balaban J connectivity index is 1.51. The van der Waals surface area contributed by atoms with Gasteiger partial charge in [0.15, 0.2) is 11.6 Å². The first-order chi connectivity index (χ1) is 14.4. The summed E-state index contributed by atoms with van der Waals surface area (Å²) in [5.41, 5.74) is 11.5. The first-order valence-corrected chi connectivity index (χ1v) is 10.6. The first-order valence-electron chi connectivity index (χ1n) is 9.82. The van der Waals surface area contributed by atoms with Gasteiger partial charge < -0.3 is 20.9 Å². The van der Waals surface area contributed by atoms with Crippen LogP contribution in [0.15, 0.2) is 42.7 Å². The average molecular weight is 443 g/mol. The molecule has 2 aromatic carbocycles. The number of hydrogen-bond donors (Lipinski definition) is 2. The quantitative estimate of drug-likeness (QED) is 0.588. The predicted molar refractivity (Wildman–Crippen MR) is 127 cm³/mol. The molecule has 0 unspecified atom stereocenters. The summed E-state index contributed by atoms with van der Waals surface area (Å²) in [7, 11) is 0. The Hall–Kier alpha value is -2.70. The molecule has 1 aliphatic rings. The Labute approximate surface area is 186 Å². The molecule has 0 bridgehead atoms. The maximum Gasteiger partial charge on any atom is 0.159 e. The molecule has 1 fully saturated rings. The van der Waals surface area contributed by atoms with Crippen LogP contribution in [0, 0.1) is 13.8 Å². The SMILES string of the molecule is Cc1cccc(N2CCN(c3ncnc(Nc4cc(Cl)ccc4Cl)c3N)CC2)c1C. The van der Waals surface area contributed by atoms with E-state index in [2.05, 4.69) is 57.1 Å². The highest BCUT2D eigenvalue weighted by molar-refractivity contribution is 6.35. The molecular weight excluding hydrogens is 419 g/mol. The number of nitrogens with zero attached hydrogens (tertiary/aromatic N) is 4. The summed E-state index contributed by atoms with van der Waals surface area (Å²) in [6.45, 7) is 7.78. The molecule has 156 valence electrons. The molecule has 2 heterocycles. The van der Waals surface area contributed by atoms with Crippen LogP contribution in [0.1, 0.15) is 11.1 Å². The fourth-order valence-corrected chi connectivity index (χ4v) is 4.03. The molecule has 1 saturated heterocycles. The molecule has 0 saturated carbocycles. The van der Waals surface area contributed by atoms with E-state index in [0.717, 1.165) is 32.0 Å². The molecule has 1 aromatic heterocycles. The Morgan fingerprint density at radius 2 is 1.70 bits per heavy atom. The van der Waals surface area contributed by atoms with E-state index in [-0.39, 0.29) is 0 Å². The fourth-order valence-electron chi connectivity index (χ4n) is 3.70. The van der Waals surface area contributed by atoms with Gasteiger partial charge in [-0.3, -0.25) is 0 Å². The van der Waals surface area contributed by atoms with Gasteiger partial charge in [-0.05, 0) is 49.2 Å². The van der Waals surface area contributed by atoms with Gasteiger partial charge in [-0.2, -0.15) is 0 Å². The van der Waals surface area contributed by atoms with E-state index < -0.39 is 0 Å². The summed E-state index contributed by atoms with van der Waals surface area (Å²) in [5, 5.41) is 4.30. The maximum absolute atomic E-state index is 6.42. The number of nitrogen functional groups attached to an aromatic ring is 1. The van der Waals surface area contributed by atoms with Crippen molar-refractivity contribution < 1.29 is 0 Å². The van der Waals surface area contributed by atoms with Gasteiger partial charge in [0, 0.05) is 36.9 Å². The molecular formula is C22H24Cl2N6. The van der Waals surface area contributed by atoms with Gasteiger partial charge in [0.05, 0.1) is 10.7 Å². The number of benzene rings is 2. The Bertz CT molecular complexity index is 1060. The van der Waals surface area contributed by atoms with E-state index in [0.29, 0.717) is 27.2 Å². The molecule has 0 amide bonds. The predicted octanol–water partition coefficient (Wildman–Crippen LogP) is 5.05. The Morgan fingerprint density at radius 1 is 0.967 bits per heavy atom. The van der Waals surface area contributed by atoms with Gasteiger partial charge in [0.25, 0.3) is 0 Å². The molecule has 3 aromatic rings. The average Bonchev–Trinajstić information content (AvgIpc) is 2.74. The molecule has 3 N–H and O–H groups in total. The van der Waals surface area contributed by atoms with Gasteiger partial charge in [-0.1, -0.05) is 35.3 Å². The molecule has 1 aliphatic heterocycles. The minimum atomic E-state index is 0.494. The van der Waals surface area contributed by atoms with Crippen molar-refractivity contribution in [3.8, 4) is 0 Å². The zero-order valence-electron chi connectivity index (χ0n) is 17.0. The van der Waals surface area contributed by atoms with Crippen LogP contribution in [0.5, 0.6) is 0 Å². The van der Waals surface area contributed by atoms with Crippen LogP contribution >= 0.6 is 23.2 Å². The smallest absolute Gasteiger partial charge is 0.159 e. The molecule has 0 radical (unpaired) electrons. The van der Waals surface area contributed by atoms with Gasteiger partial charge >= 0.3 is 0 Å². The minimum Gasteiger partial charge on any atom is -0.393 e. The van der Waals surface area contributed by atoms with E-state index in [4.69, 9.17) is 28.9 Å². The normalized spacial score (nSPS) is 14.1. The lowest BCUT2D eigenvalue weighted by atomic mass is 10.1. The van der Waals surface area contributed by atoms with Crippen LogP contribution in [0.3, 0.4) is 0 Å². The molecule has 0 aliphatic carbocycles. The van der Waals surface area contributed by atoms with Gasteiger partial charge in [-0.25, -0.2) is 9.97 Å². The summed E-state index contributed by atoms with van der Waals surface area (Å²) in [6, 6.07) is 11.7. The monoisotopic (exact) mass is 442 g/mol. The van der Waals surface area contributed by atoms with Crippen molar-refractivity contribution in [3.63, 3.8) is 0 Å². The van der Waals surface area contributed by atoms with Crippen molar-refractivity contribution in [1.29, 1.82) is 0 Å². The number of aromatic nitrogens is 2. The zero-order valence-corrected chi connectivity index (χ0v) is 18.5. The van der Waals surface area contributed by atoms with E-state index in [1.54, 1.807) is 18.2 Å². The third-order valence-electron chi connectivity index (χ3n) is 5.54. The summed E-state index contributed by atoms with van der Waals surface area (Å²) in [6.07, 6.45) is 1.52. The minimum absolute atomic E-state index is 0.494. The number of nitrogens with one attached hydrogen (secondary N) is 1. The second-order valence-electron chi connectivity index (χ2n) is 7.40. The Morgan fingerprint density at radius 3 is 2.47 bits per heavy atom. The van der Waals surface area contributed by atoms with E-state index in [9.17, 15) is 0 Å². The van der Waals surface area contributed by atoms with Crippen molar-refractivity contribution in [2.75, 3.05) is 47.0 Å². The lowest BCUT2D eigenvalue weighted by Crippen LogP contribution is -2.47. The summed E-state index contributed by atoms with van der Waals surface area (Å²) >= 11 is 12.3. The van der Waals surface area contributed by atoms with E-state index >= 15 is 0 Å². The van der Waals surface area contributed by atoms with Crippen LogP contribution in [0.25, 0.3) is 0 Å². The summed E-state index contributed by atoms with van der Waals surface area (Å²) in [5.74, 6) is 1.24. The van der Waals surface area contributed by atoms with Crippen molar-refractivity contribution in [2.24, 2.45) is 0 Å². The lowest BCUT2D eigenvalue weighted by molar-refractivity contribution is 0.646. The number of hydrogen-bond acceptors (Lipinski definition) is 6. The fraction of sp³-hybridized carbons (Fsp3) is 0.273. The van der Waals surface area contributed by atoms with Gasteiger partial charge in [-0.15, -0.1) is 0 Å². The van der Waals surface area contributed by atoms with Gasteiger partial charge in [0.2, 0.25) is 0 Å². The number of rotatable bonds is 4. The van der Waals surface area contributed by atoms with Crippen molar-refractivity contribution >= 4 is 51.9 Å². The second-order valence-corrected chi connectivity index (χ2v) is 8.25. The lowest BCUT2D eigenvalue weighted by Gasteiger charge is -2.38. The third-order valence-corrected chi connectivity index (χ3v) is 6.10. The van der Waals surface area contributed by atoms with Crippen LogP contribution in [-0.4, -0.2) is 36.1 Å². The van der Waals surface area contributed by atoms with E-state index in [1.807, 2.05) is 0 Å². The molecule has 8 heteroatoms. The molecule has 6 nitrogen and oxygen atoms in total. The van der Waals surface area contributed by atoms with Crippen molar-refractivity contribution in [1.82, 2.24) is 9.97 Å². The highest BCUT2D eigenvalue weighted by Gasteiger charge is 2.22. The molecule has 0 atom stereocenters. The number of nitrogens with two attached hydrogens (primary N) is 1. The third kappa shape index (κ3) is 4.11. The number of piperazine rings is 1. The van der Waals surface area contributed by atoms with E-state index in [1.165, 1.54) is 23.1 Å². The van der Waals surface area contributed by atoms with Gasteiger partial charge in [0.1, 0.15) is 12.0 Å². The van der Waals surface area contributed by atoms with Crippen LogP contribution in [0.4, 0.5) is 28.7 Å². The first kappa shape index (κ1) is 20.6. The second kappa shape index (κ2) is 8.58. The van der Waals surface area contributed by atoms with Crippen molar-refractivity contribution in [3.05, 3.63) is 63.9 Å². The summed E-state index contributed by atoms with van der Waals surface area (Å²) < 4.78 is 0. The molecule has 4 rings (SSSR count). The topological polar surface area (TPSA) is 70.3 Å². The number of aryl methyl sites for hydroxylation is 1. The number of halogens is 2. The highest BCUT2D eigenvalue weighted by atomic mass is 35.5. The molecule has 30 heavy (non-hydrogen) atoms. The Kier molecular flexibility index (Phi) is 5.88. The highest BCUT2D eigenvalue weighted by Crippen LogP contribution is 2.33. The standard InChI is InChI=1S/C22H24Cl2N6/c1-14-4-3-5-19(15(14)2)29-8-10-30(11-9-29)22-20(25)21(26-13-27-22)28-18-12-16(23)6-7-17(18)24/h3-7,12-13H,8-11,25H2,1-2H3,(H,26,27,28). The maximum atomic E-state index is 6.42. The zero-order chi connectivity index (χ0) is 21.3. The van der Waals surface area contributed by atoms with Crippen LogP contribution < -0.4 is 20.9 Å². The van der Waals surface area contributed by atoms with Crippen LogP contribution in [-0.2, 0) is 0 Å². The summed E-state index contributed by atoms with van der Waals surface area (Å²) in [4.78, 5) is 13.4. The van der Waals surface area contributed by atoms with Crippen molar-refractivity contribution in [2.45, 2.75) is 13.8 Å².